The third kappa shape index (κ3) is 4.22. The van der Waals surface area contributed by atoms with E-state index < -0.39 is 74.6 Å². The molecule has 0 aromatic carbocycles. The summed E-state index contributed by atoms with van der Waals surface area (Å²) in [7, 11) is 0. The second-order valence-electron chi connectivity index (χ2n) is 5.75. The predicted molar refractivity (Wildman–Crippen MR) is 81.4 cm³/mol. The van der Waals surface area contributed by atoms with Crippen LogP contribution in [-0.4, -0.2) is 115 Å². The van der Waals surface area contributed by atoms with Crippen LogP contribution < -0.4 is 0 Å². The van der Waals surface area contributed by atoms with Gasteiger partial charge in [0.1, 0.15) is 48.8 Å². The van der Waals surface area contributed by atoms with E-state index in [0.717, 1.165) is 0 Å². The number of isothiocyanates is 1. The molecule has 2 rings (SSSR count). The van der Waals surface area contributed by atoms with Gasteiger partial charge in [-0.25, -0.2) is 0 Å². The summed E-state index contributed by atoms with van der Waals surface area (Å²) in [5, 5.41) is 70.2. The van der Waals surface area contributed by atoms with E-state index in [1.54, 1.807) is 0 Å². The first-order chi connectivity index (χ1) is 11.8. The largest absolute Gasteiger partial charge is 0.394 e. The molecule has 2 heterocycles. The molecule has 0 spiro atoms. The molecule has 10 atom stereocenters. The SMILES string of the molecule is OC[C@H]1O[C@H](O[C@H]2[C@H](O)[C@@H](O)C(N=C=S)O[C@@H]2CO)[C@H](O)[C@@H](O)[C@@H]1O. The van der Waals surface area contributed by atoms with Crippen molar-refractivity contribution in [3.8, 4) is 0 Å². The van der Waals surface area contributed by atoms with E-state index in [9.17, 15) is 30.6 Å². The number of hydrogen-bond acceptors (Lipinski definition) is 12. The summed E-state index contributed by atoms with van der Waals surface area (Å²) >= 11 is 4.41. The first kappa shape index (κ1) is 20.7. The fourth-order valence-electron chi connectivity index (χ4n) is 2.73. The van der Waals surface area contributed by atoms with E-state index in [1.807, 2.05) is 5.16 Å². The highest BCUT2D eigenvalue weighted by molar-refractivity contribution is 7.78. The van der Waals surface area contributed by atoms with Gasteiger partial charge in [-0.2, -0.15) is 4.99 Å². The lowest BCUT2D eigenvalue weighted by molar-refractivity contribution is -0.341. The van der Waals surface area contributed by atoms with Crippen molar-refractivity contribution in [3.05, 3.63) is 0 Å². The Morgan fingerprint density at radius 3 is 2.04 bits per heavy atom. The molecule has 0 aromatic heterocycles. The number of aliphatic hydroxyl groups excluding tert-OH is 7. The number of rotatable bonds is 5. The van der Waals surface area contributed by atoms with Crippen LogP contribution in [0.3, 0.4) is 0 Å². The molecule has 7 N–H and O–H groups in total. The first-order valence-corrected chi connectivity index (χ1v) is 7.92. The summed E-state index contributed by atoms with van der Waals surface area (Å²) in [6, 6.07) is 0. The van der Waals surface area contributed by atoms with Crippen molar-refractivity contribution in [1.29, 1.82) is 0 Å². The number of aliphatic hydroxyl groups is 7. The normalized spacial score (nSPS) is 48.0. The zero-order valence-corrected chi connectivity index (χ0v) is 13.7. The summed E-state index contributed by atoms with van der Waals surface area (Å²) in [5.41, 5.74) is 0. The Hall–Kier alpha value is -0.600. The predicted octanol–water partition coefficient (Wildman–Crippen LogP) is -4.29. The molecule has 0 aromatic rings. The van der Waals surface area contributed by atoms with Crippen LogP contribution in [0.15, 0.2) is 4.99 Å². The maximum atomic E-state index is 10.2. The highest BCUT2D eigenvalue weighted by atomic mass is 32.1. The van der Waals surface area contributed by atoms with E-state index >= 15 is 0 Å². The van der Waals surface area contributed by atoms with Gasteiger partial charge in [-0.05, 0) is 12.2 Å². The van der Waals surface area contributed by atoms with E-state index in [0.29, 0.717) is 0 Å². The minimum atomic E-state index is -1.71. The van der Waals surface area contributed by atoms with Crippen molar-refractivity contribution in [2.45, 2.75) is 61.3 Å². The van der Waals surface area contributed by atoms with Crippen molar-refractivity contribution < 1.29 is 50.0 Å². The number of thiocarbonyl (C=S) groups is 1. The second kappa shape index (κ2) is 8.86. The van der Waals surface area contributed by atoms with E-state index in [2.05, 4.69) is 17.2 Å². The highest BCUT2D eigenvalue weighted by Crippen LogP contribution is 2.29. The van der Waals surface area contributed by atoms with Crippen LogP contribution in [0.4, 0.5) is 0 Å². The van der Waals surface area contributed by atoms with Gasteiger partial charge in [0.25, 0.3) is 0 Å². The summed E-state index contributed by atoms with van der Waals surface area (Å²) in [6.45, 7) is -1.29. The van der Waals surface area contributed by atoms with Crippen LogP contribution >= 0.6 is 12.2 Å². The van der Waals surface area contributed by atoms with Crippen molar-refractivity contribution in [2.75, 3.05) is 13.2 Å². The van der Waals surface area contributed by atoms with Gasteiger partial charge in [-0.3, -0.25) is 0 Å². The molecule has 12 heteroatoms. The monoisotopic (exact) mass is 383 g/mol. The molecule has 2 aliphatic rings. The Balaban J connectivity index is 2.15. The zero-order chi connectivity index (χ0) is 18.7. The topological polar surface area (TPSA) is 182 Å². The number of hydrogen-bond donors (Lipinski definition) is 7. The Labute approximate surface area is 147 Å². The molecule has 2 fully saturated rings. The number of aliphatic imine (C=N–C) groups is 1. The van der Waals surface area contributed by atoms with Crippen molar-refractivity contribution in [2.24, 2.45) is 4.99 Å². The first-order valence-electron chi connectivity index (χ1n) is 7.51. The molecule has 0 aliphatic carbocycles. The van der Waals surface area contributed by atoms with Gasteiger partial charge in [0.05, 0.1) is 18.4 Å². The van der Waals surface area contributed by atoms with Crippen LogP contribution in [0.2, 0.25) is 0 Å². The van der Waals surface area contributed by atoms with Gasteiger partial charge in [-0.1, -0.05) is 0 Å². The fourth-order valence-corrected chi connectivity index (χ4v) is 2.83. The molecule has 2 saturated heterocycles. The van der Waals surface area contributed by atoms with Crippen LogP contribution in [0, 0.1) is 0 Å². The summed E-state index contributed by atoms with van der Waals surface area (Å²) in [5.74, 6) is 0. The van der Waals surface area contributed by atoms with Crippen LogP contribution in [0.25, 0.3) is 0 Å². The summed E-state index contributed by atoms with van der Waals surface area (Å²) in [4.78, 5) is 3.54. The van der Waals surface area contributed by atoms with Crippen LogP contribution in [0.5, 0.6) is 0 Å². The molecule has 0 bridgehead atoms. The lowest BCUT2D eigenvalue weighted by Crippen LogP contribution is -2.64. The van der Waals surface area contributed by atoms with E-state index in [1.165, 1.54) is 0 Å². The molecule has 1 unspecified atom stereocenters. The fraction of sp³-hybridized carbons (Fsp3) is 0.923. The standard InChI is InChI=1S/C13H21NO10S/c15-1-4-6(17)7(18)10(21)13(23-4)24-11-5(2-16)22-12(14-3-25)9(20)8(11)19/h4-13,15-21H,1-2H2/t4-,5-,6-,7+,8-,9-,10-,11-,12?,13-/m1/s1. The zero-order valence-electron chi connectivity index (χ0n) is 12.9. The maximum absolute atomic E-state index is 10.2. The second-order valence-corrected chi connectivity index (χ2v) is 5.93. The molecule has 2 aliphatic heterocycles. The van der Waals surface area contributed by atoms with Gasteiger partial charge in [-0.15, -0.1) is 0 Å². The van der Waals surface area contributed by atoms with Gasteiger partial charge in [0, 0.05) is 0 Å². The lowest BCUT2D eigenvalue weighted by Gasteiger charge is -2.45. The smallest absolute Gasteiger partial charge is 0.187 e. The van der Waals surface area contributed by atoms with E-state index in [4.69, 9.17) is 19.3 Å². The molecule has 0 radical (unpaired) electrons. The van der Waals surface area contributed by atoms with Gasteiger partial charge in [0.15, 0.2) is 12.5 Å². The average molecular weight is 383 g/mol. The minimum Gasteiger partial charge on any atom is -0.394 e. The highest BCUT2D eigenvalue weighted by Gasteiger charge is 2.50. The summed E-state index contributed by atoms with van der Waals surface area (Å²) < 4.78 is 15.8. The van der Waals surface area contributed by atoms with Gasteiger partial charge < -0.3 is 50.0 Å². The van der Waals surface area contributed by atoms with Crippen molar-refractivity contribution in [3.63, 3.8) is 0 Å². The summed E-state index contributed by atoms with van der Waals surface area (Å²) in [6.07, 6.45) is -14.7. The quantitative estimate of drug-likeness (QED) is 0.180. The van der Waals surface area contributed by atoms with Gasteiger partial charge in [0.2, 0.25) is 0 Å². The number of nitrogens with zero attached hydrogens (tertiary/aromatic N) is 1. The third-order valence-electron chi connectivity index (χ3n) is 4.16. The van der Waals surface area contributed by atoms with Crippen molar-refractivity contribution in [1.82, 2.24) is 0 Å². The lowest BCUT2D eigenvalue weighted by atomic mass is 9.96. The number of ether oxygens (including phenoxy) is 3. The molecule has 0 amide bonds. The molecule has 0 saturated carbocycles. The van der Waals surface area contributed by atoms with Crippen LogP contribution in [0.1, 0.15) is 0 Å². The average Bonchev–Trinajstić information content (AvgIpc) is 2.61. The molecular formula is C13H21NO10S. The Bertz CT molecular complexity index is 487. The molecule has 144 valence electrons. The molecule has 25 heavy (non-hydrogen) atoms. The Kier molecular flexibility index (Phi) is 7.34. The maximum Gasteiger partial charge on any atom is 0.187 e. The minimum absolute atomic E-state index is 0.630. The van der Waals surface area contributed by atoms with E-state index in [-0.39, 0.29) is 0 Å². The Morgan fingerprint density at radius 1 is 0.840 bits per heavy atom. The molecular weight excluding hydrogens is 362 g/mol. The van der Waals surface area contributed by atoms with Gasteiger partial charge >= 0.3 is 0 Å². The van der Waals surface area contributed by atoms with Crippen molar-refractivity contribution >= 4 is 17.4 Å². The Morgan fingerprint density at radius 2 is 1.48 bits per heavy atom. The molecule has 11 nitrogen and oxygen atoms in total. The van der Waals surface area contributed by atoms with Crippen LogP contribution in [-0.2, 0) is 14.2 Å². The third-order valence-corrected chi connectivity index (χ3v) is 4.26.